The summed E-state index contributed by atoms with van der Waals surface area (Å²) in [6, 6.07) is 13.9. The molecule has 1 saturated heterocycles. The van der Waals surface area contributed by atoms with Gasteiger partial charge in [0.05, 0.1) is 22.4 Å². The summed E-state index contributed by atoms with van der Waals surface area (Å²) in [6.45, 7) is 1.55. The van der Waals surface area contributed by atoms with E-state index in [1.165, 1.54) is 6.07 Å². The molecule has 2 aromatic rings. The first-order valence-corrected chi connectivity index (χ1v) is 11.3. The van der Waals surface area contributed by atoms with Gasteiger partial charge in [-0.1, -0.05) is 54.1 Å². The number of carbonyl (C=O) groups excluding carboxylic acids is 4. The Morgan fingerprint density at radius 3 is 2.09 bits per heavy atom. The van der Waals surface area contributed by atoms with Crippen molar-refractivity contribution in [1.29, 1.82) is 0 Å². The van der Waals surface area contributed by atoms with Crippen LogP contribution in [0.5, 0.6) is 0 Å². The van der Waals surface area contributed by atoms with Crippen LogP contribution in [0.1, 0.15) is 46.9 Å². The number of amides is 3. The van der Waals surface area contributed by atoms with Crippen LogP contribution in [0.25, 0.3) is 0 Å². The summed E-state index contributed by atoms with van der Waals surface area (Å²) in [5.41, 5.74) is 0.541. The van der Waals surface area contributed by atoms with Gasteiger partial charge in [0.15, 0.2) is 5.78 Å². The van der Waals surface area contributed by atoms with Crippen LogP contribution in [-0.4, -0.2) is 39.6 Å². The lowest BCUT2D eigenvalue weighted by molar-refractivity contribution is -0.157. The Kier molecular flexibility index (Phi) is 5.13. The summed E-state index contributed by atoms with van der Waals surface area (Å²) in [7, 11) is 0. The zero-order valence-corrected chi connectivity index (χ0v) is 18.4. The maximum Gasteiger partial charge on any atom is 0.275 e. The molecule has 0 radical (unpaired) electrons. The van der Waals surface area contributed by atoms with Crippen molar-refractivity contribution in [3.63, 3.8) is 0 Å². The molecule has 3 aliphatic rings. The van der Waals surface area contributed by atoms with E-state index >= 15 is 0 Å². The Labute approximate surface area is 191 Å². The van der Waals surface area contributed by atoms with E-state index in [4.69, 9.17) is 11.6 Å². The second-order valence-corrected chi connectivity index (χ2v) is 9.32. The van der Waals surface area contributed by atoms with E-state index in [0.717, 1.165) is 29.3 Å². The highest BCUT2D eigenvalue weighted by atomic mass is 35.5. The molecule has 0 unspecified atom stereocenters. The third kappa shape index (κ3) is 3.08. The standard InChI is InChI=1S/C25H23ClN2O4/c1-14(22(29)15-7-3-2-4-8-15)27(23(30)18-9-5-6-10-19(18)26)28-24(31)20-16-11-12-17(13-16)21(20)25(28)32/h2-10,14,16-17,20-21H,11-13H2,1H3/t14-,16-,17-,20-,21+/m0/s1. The lowest BCUT2D eigenvalue weighted by atomic mass is 9.81. The first-order valence-electron chi connectivity index (χ1n) is 10.9. The minimum absolute atomic E-state index is 0.141. The average molecular weight is 451 g/mol. The molecule has 32 heavy (non-hydrogen) atoms. The van der Waals surface area contributed by atoms with Gasteiger partial charge in [0.25, 0.3) is 17.7 Å². The van der Waals surface area contributed by atoms with E-state index in [1.807, 2.05) is 0 Å². The summed E-state index contributed by atoms with van der Waals surface area (Å²) >= 11 is 6.28. The highest BCUT2D eigenvalue weighted by Gasteiger charge is 2.63. The van der Waals surface area contributed by atoms with Gasteiger partial charge in [-0.2, -0.15) is 5.01 Å². The van der Waals surface area contributed by atoms with E-state index in [1.54, 1.807) is 55.5 Å². The number of hydrogen-bond acceptors (Lipinski definition) is 4. The highest BCUT2D eigenvalue weighted by molar-refractivity contribution is 6.34. The molecular weight excluding hydrogens is 428 g/mol. The number of fused-ring (bicyclic) bond motifs is 5. The molecule has 2 saturated carbocycles. The van der Waals surface area contributed by atoms with Crippen LogP contribution < -0.4 is 0 Å². The summed E-state index contributed by atoms with van der Waals surface area (Å²) < 4.78 is 0. The number of carbonyl (C=O) groups is 4. The Morgan fingerprint density at radius 2 is 1.50 bits per heavy atom. The Morgan fingerprint density at radius 1 is 0.938 bits per heavy atom. The number of rotatable bonds is 5. The van der Waals surface area contributed by atoms with Crippen LogP contribution in [0.15, 0.2) is 54.6 Å². The van der Waals surface area contributed by atoms with Gasteiger partial charge in [-0.05, 0) is 50.2 Å². The van der Waals surface area contributed by atoms with Crippen molar-refractivity contribution >= 4 is 35.1 Å². The van der Waals surface area contributed by atoms with E-state index < -0.39 is 23.8 Å². The summed E-state index contributed by atoms with van der Waals surface area (Å²) in [5, 5.41) is 2.19. The van der Waals surface area contributed by atoms with Gasteiger partial charge < -0.3 is 0 Å². The van der Waals surface area contributed by atoms with Crippen molar-refractivity contribution in [2.45, 2.75) is 32.2 Å². The van der Waals surface area contributed by atoms with E-state index in [0.29, 0.717) is 5.56 Å². The largest absolute Gasteiger partial charge is 0.292 e. The van der Waals surface area contributed by atoms with Gasteiger partial charge >= 0.3 is 0 Å². The number of benzene rings is 2. The zero-order chi connectivity index (χ0) is 22.6. The number of hydrazine groups is 1. The van der Waals surface area contributed by atoms with Crippen molar-refractivity contribution in [3.8, 4) is 0 Å². The van der Waals surface area contributed by atoms with Crippen LogP contribution in [0.3, 0.4) is 0 Å². The third-order valence-electron chi connectivity index (χ3n) is 7.24. The molecule has 3 fully saturated rings. The second kappa shape index (κ2) is 7.85. The van der Waals surface area contributed by atoms with Crippen molar-refractivity contribution in [1.82, 2.24) is 10.0 Å². The van der Waals surface area contributed by atoms with Gasteiger partial charge in [0.2, 0.25) is 0 Å². The maximum absolute atomic E-state index is 13.7. The number of Topliss-reactive ketones (excluding diaryl/α,β-unsaturated/α-hetero) is 1. The summed E-state index contributed by atoms with van der Waals surface area (Å²) in [4.78, 5) is 53.9. The molecule has 5 rings (SSSR count). The van der Waals surface area contributed by atoms with Gasteiger partial charge in [-0.15, -0.1) is 0 Å². The fourth-order valence-electron chi connectivity index (χ4n) is 5.76. The van der Waals surface area contributed by atoms with E-state index in [-0.39, 0.29) is 40.0 Å². The van der Waals surface area contributed by atoms with E-state index in [9.17, 15) is 19.2 Å². The molecule has 2 aromatic carbocycles. The SMILES string of the molecule is C[C@@H](C(=O)c1ccccc1)N(C(=O)c1ccccc1Cl)N1C(=O)[C@@H]2[C@H]3CC[C@@H](C3)[C@@H]2C1=O. The fourth-order valence-corrected chi connectivity index (χ4v) is 5.97. The van der Waals surface area contributed by atoms with Crippen LogP contribution in [0.4, 0.5) is 0 Å². The normalized spacial score (nSPS) is 26.9. The van der Waals surface area contributed by atoms with Gasteiger partial charge in [0, 0.05) is 5.56 Å². The van der Waals surface area contributed by atoms with E-state index in [2.05, 4.69) is 0 Å². The molecule has 0 N–H and O–H groups in total. The molecule has 7 heteroatoms. The predicted octanol–water partition coefficient (Wildman–Crippen LogP) is 4.00. The summed E-state index contributed by atoms with van der Waals surface area (Å²) in [6.07, 6.45) is 2.74. The first kappa shape index (κ1) is 20.9. The van der Waals surface area contributed by atoms with Crippen LogP contribution >= 0.6 is 11.6 Å². The number of imide groups is 1. The lowest BCUT2D eigenvalue weighted by Crippen LogP contribution is -2.57. The van der Waals surface area contributed by atoms with Gasteiger partial charge in [0.1, 0.15) is 6.04 Å². The number of hydrogen-bond donors (Lipinski definition) is 0. The van der Waals surface area contributed by atoms with Crippen molar-refractivity contribution in [2.24, 2.45) is 23.7 Å². The Bertz CT molecular complexity index is 1090. The topological polar surface area (TPSA) is 74.8 Å². The molecule has 3 amide bonds. The lowest BCUT2D eigenvalue weighted by Gasteiger charge is -2.35. The smallest absolute Gasteiger partial charge is 0.275 e. The summed E-state index contributed by atoms with van der Waals surface area (Å²) in [5.74, 6) is -2.20. The number of nitrogens with zero attached hydrogens (tertiary/aromatic N) is 2. The fraction of sp³-hybridized carbons (Fsp3) is 0.360. The molecule has 2 bridgehead atoms. The molecule has 1 heterocycles. The van der Waals surface area contributed by atoms with Crippen LogP contribution in [0.2, 0.25) is 5.02 Å². The molecule has 6 nitrogen and oxygen atoms in total. The maximum atomic E-state index is 13.7. The first-order chi connectivity index (χ1) is 15.4. The number of halogens is 1. The molecule has 1 aliphatic heterocycles. The van der Waals surface area contributed by atoms with Gasteiger partial charge in [-0.3, -0.25) is 19.2 Å². The quantitative estimate of drug-likeness (QED) is 0.509. The van der Waals surface area contributed by atoms with Crippen LogP contribution in [-0.2, 0) is 9.59 Å². The molecule has 0 spiro atoms. The molecule has 5 atom stereocenters. The minimum atomic E-state index is -1.06. The molecule has 164 valence electrons. The zero-order valence-electron chi connectivity index (χ0n) is 17.6. The number of ketones is 1. The Hall–Kier alpha value is -2.99. The molecular formula is C25H23ClN2O4. The van der Waals surface area contributed by atoms with Crippen molar-refractivity contribution in [2.75, 3.05) is 0 Å². The average Bonchev–Trinajstić information content (AvgIpc) is 3.49. The molecule has 2 aliphatic carbocycles. The monoisotopic (exact) mass is 450 g/mol. The van der Waals surface area contributed by atoms with Crippen LogP contribution in [0, 0.1) is 23.7 Å². The minimum Gasteiger partial charge on any atom is -0.292 e. The van der Waals surface area contributed by atoms with Crippen molar-refractivity contribution < 1.29 is 19.2 Å². The van der Waals surface area contributed by atoms with Crippen molar-refractivity contribution in [3.05, 3.63) is 70.7 Å². The highest BCUT2D eigenvalue weighted by Crippen LogP contribution is 2.56. The predicted molar refractivity (Wildman–Crippen MR) is 118 cm³/mol. The Balaban J connectivity index is 1.56. The second-order valence-electron chi connectivity index (χ2n) is 8.91. The third-order valence-corrected chi connectivity index (χ3v) is 7.57. The molecule has 0 aromatic heterocycles. The van der Waals surface area contributed by atoms with Gasteiger partial charge in [-0.25, -0.2) is 5.01 Å².